The molecule has 5 N–H and O–H groups in total. The highest BCUT2D eigenvalue weighted by Gasteiger charge is 2.46. The van der Waals surface area contributed by atoms with Crippen LogP contribution in [0.2, 0.25) is 0 Å². The second kappa shape index (κ2) is 9.36. The molecule has 3 aromatic rings. The number of nitrogens with two attached hydrogens (primary N) is 1. The maximum absolute atomic E-state index is 13.0. The largest absolute Gasteiger partial charge is 0.404 e. The summed E-state index contributed by atoms with van der Waals surface area (Å²) in [5, 5.41) is 13.3. The number of hydrogen-bond acceptors (Lipinski definition) is 8. The van der Waals surface area contributed by atoms with Crippen molar-refractivity contribution < 1.29 is 13.6 Å². The van der Waals surface area contributed by atoms with Gasteiger partial charge in [0.05, 0.1) is 6.54 Å². The van der Waals surface area contributed by atoms with Crippen molar-refractivity contribution >= 4 is 35.1 Å². The van der Waals surface area contributed by atoms with Gasteiger partial charge in [0.15, 0.2) is 0 Å². The van der Waals surface area contributed by atoms with E-state index in [2.05, 4.69) is 25.6 Å². The van der Waals surface area contributed by atoms with E-state index >= 15 is 0 Å². The molecule has 1 fully saturated rings. The minimum absolute atomic E-state index is 0.220. The van der Waals surface area contributed by atoms with Crippen molar-refractivity contribution in [1.29, 1.82) is 5.41 Å². The molecule has 12 heteroatoms. The Balaban J connectivity index is 1.24. The van der Waals surface area contributed by atoms with Crippen LogP contribution in [0.1, 0.15) is 34.7 Å². The molecule has 2 aromatic heterocycles. The number of hydrogen-bond donors (Lipinski definition) is 4. The van der Waals surface area contributed by atoms with Crippen LogP contribution in [0.3, 0.4) is 0 Å². The normalized spacial score (nSPS) is 17.2. The number of fused-ring (bicyclic) bond motifs is 1. The molecule has 10 nitrogen and oxygen atoms in total. The Labute approximate surface area is 205 Å². The van der Waals surface area contributed by atoms with Gasteiger partial charge in [-0.05, 0) is 23.8 Å². The smallest absolute Gasteiger partial charge is 0.271 e. The lowest BCUT2D eigenvalue weighted by Gasteiger charge is -2.35. The Morgan fingerprint density at radius 1 is 1.17 bits per heavy atom. The third kappa shape index (κ3) is 4.88. The molecule has 36 heavy (non-hydrogen) atoms. The van der Waals surface area contributed by atoms with Crippen LogP contribution >= 0.6 is 0 Å². The summed E-state index contributed by atoms with van der Waals surface area (Å²) in [5.41, 5.74) is 8.05. The zero-order chi connectivity index (χ0) is 25.3. The lowest BCUT2D eigenvalue weighted by Crippen LogP contribution is -2.50. The topological polar surface area (TPSA) is 138 Å². The number of nitrogens with one attached hydrogen (secondary N) is 3. The molecule has 0 atom stereocenters. The van der Waals surface area contributed by atoms with Crippen LogP contribution in [-0.4, -0.2) is 50.1 Å². The second-order valence-electron chi connectivity index (χ2n) is 8.80. The highest BCUT2D eigenvalue weighted by Crippen LogP contribution is 2.37. The molecule has 186 valence electrons. The first-order valence-corrected chi connectivity index (χ1v) is 11.5. The number of allylic oxidation sites excluding steroid dienone is 1. The van der Waals surface area contributed by atoms with Gasteiger partial charge in [-0.25, -0.2) is 18.7 Å². The molecular weight excluding hydrogens is 468 g/mol. The average Bonchev–Trinajstić information content (AvgIpc) is 3.29. The summed E-state index contributed by atoms with van der Waals surface area (Å²) in [5.74, 6) is -1.32. The number of halogens is 2. The van der Waals surface area contributed by atoms with E-state index in [1.165, 1.54) is 12.4 Å². The van der Waals surface area contributed by atoms with E-state index in [0.29, 0.717) is 42.8 Å². The zero-order valence-electron chi connectivity index (χ0n) is 19.3. The van der Waals surface area contributed by atoms with Crippen molar-refractivity contribution in [3.05, 3.63) is 66.0 Å². The molecule has 5 rings (SSSR count). The first kappa shape index (κ1) is 23.4. The summed E-state index contributed by atoms with van der Waals surface area (Å²) in [6, 6.07) is 8.72. The van der Waals surface area contributed by atoms with Crippen LogP contribution < -0.4 is 21.3 Å². The summed E-state index contributed by atoms with van der Waals surface area (Å²) in [6.45, 7) is 1.61. The van der Waals surface area contributed by atoms with Crippen molar-refractivity contribution in [2.45, 2.75) is 37.9 Å². The monoisotopic (exact) mass is 493 g/mol. The molecule has 0 radical (unpaired) electrons. The predicted octanol–water partition coefficient (Wildman–Crippen LogP) is 2.91. The molecule has 1 aromatic carbocycles. The fourth-order valence-electron chi connectivity index (χ4n) is 4.25. The van der Waals surface area contributed by atoms with E-state index in [9.17, 15) is 13.6 Å². The average molecular weight is 494 g/mol. The molecule has 0 bridgehead atoms. The van der Waals surface area contributed by atoms with Gasteiger partial charge < -0.3 is 31.2 Å². The predicted molar refractivity (Wildman–Crippen MR) is 131 cm³/mol. The molecule has 1 saturated carbocycles. The highest BCUT2D eigenvalue weighted by molar-refractivity contribution is 6.08. The van der Waals surface area contributed by atoms with Gasteiger partial charge in [-0.3, -0.25) is 4.79 Å². The van der Waals surface area contributed by atoms with Crippen LogP contribution in [-0.2, 0) is 13.1 Å². The van der Waals surface area contributed by atoms with E-state index in [0.717, 1.165) is 11.3 Å². The van der Waals surface area contributed by atoms with E-state index in [4.69, 9.17) is 11.1 Å². The fourth-order valence-corrected chi connectivity index (χ4v) is 4.25. The van der Waals surface area contributed by atoms with Crippen molar-refractivity contribution in [2.24, 2.45) is 5.73 Å². The first-order valence-electron chi connectivity index (χ1n) is 11.5. The van der Waals surface area contributed by atoms with E-state index in [1.807, 2.05) is 33.7 Å². The van der Waals surface area contributed by atoms with Gasteiger partial charge in [-0.2, -0.15) is 4.98 Å². The fraction of sp³-hybridized carbons (Fsp3) is 0.292. The Hall–Kier alpha value is -4.35. The van der Waals surface area contributed by atoms with Crippen molar-refractivity contribution in [3.8, 4) is 0 Å². The van der Waals surface area contributed by atoms with E-state index < -0.39 is 17.9 Å². The minimum atomic E-state index is -2.69. The third-order valence-corrected chi connectivity index (χ3v) is 6.21. The van der Waals surface area contributed by atoms with Crippen LogP contribution in [0.5, 0.6) is 0 Å². The van der Waals surface area contributed by atoms with Crippen LogP contribution in [0.25, 0.3) is 5.57 Å². The second-order valence-corrected chi connectivity index (χ2v) is 8.80. The number of nitrogens with zero attached hydrogens (tertiary/aromatic N) is 5. The zero-order valence-corrected chi connectivity index (χ0v) is 19.3. The summed E-state index contributed by atoms with van der Waals surface area (Å²) >= 11 is 0. The lowest BCUT2D eigenvalue weighted by molar-refractivity contribution is -0.0901. The third-order valence-electron chi connectivity index (χ3n) is 6.21. The summed E-state index contributed by atoms with van der Waals surface area (Å²) in [4.78, 5) is 27.8. The SMILES string of the molecule is N=CC(=CN)c1ccc(Nc2ccnc(N3CCn4cc(C(=O)NC5CC(F)(F)C5)nc4C3)n2)cc1. The molecule has 0 saturated heterocycles. The Kier molecular flexibility index (Phi) is 6.08. The van der Waals surface area contributed by atoms with Crippen molar-refractivity contribution in [2.75, 3.05) is 16.8 Å². The van der Waals surface area contributed by atoms with E-state index in [1.54, 1.807) is 18.5 Å². The van der Waals surface area contributed by atoms with Gasteiger partial charge in [0.25, 0.3) is 11.8 Å². The van der Waals surface area contributed by atoms with Gasteiger partial charge in [-0.15, -0.1) is 0 Å². The minimum Gasteiger partial charge on any atom is -0.404 e. The molecule has 1 aliphatic carbocycles. The number of rotatable bonds is 7. The molecule has 1 aliphatic heterocycles. The number of imidazole rings is 1. The van der Waals surface area contributed by atoms with Gasteiger partial charge >= 0.3 is 0 Å². The van der Waals surface area contributed by atoms with Crippen LogP contribution in [0, 0.1) is 5.41 Å². The maximum Gasteiger partial charge on any atom is 0.271 e. The molecule has 3 heterocycles. The van der Waals surface area contributed by atoms with Gasteiger partial charge in [0.1, 0.15) is 17.3 Å². The number of amides is 1. The number of alkyl halides is 2. The highest BCUT2D eigenvalue weighted by atomic mass is 19.3. The van der Waals surface area contributed by atoms with E-state index in [-0.39, 0.29) is 18.5 Å². The summed E-state index contributed by atoms with van der Waals surface area (Å²) < 4.78 is 28.0. The summed E-state index contributed by atoms with van der Waals surface area (Å²) in [7, 11) is 0. The quantitative estimate of drug-likeness (QED) is 0.371. The van der Waals surface area contributed by atoms with Gasteiger partial charge in [0, 0.05) is 68.0 Å². The van der Waals surface area contributed by atoms with Crippen molar-refractivity contribution in [3.63, 3.8) is 0 Å². The molecular formula is C24H25F2N9O. The maximum atomic E-state index is 13.0. The molecule has 0 unspecified atom stereocenters. The van der Waals surface area contributed by atoms with Gasteiger partial charge in [-0.1, -0.05) is 12.1 Å². The number of anilines is 3. The number of carbonyl (C=O) groups excluding carboxylic acids is 1. The molecule has 0 spiro atoms. The lowest BCUT2D eigenvalue weighted by atomic mass is 9.88. The standard InChI is InChI=1S/C24H25F2N9O/c25-24(26)9-18(10-24)31-22(36)19-13-34-7-8-35(14-21(34)32-19)23-29-6-5-20(33-23)30-17-3-1-15(2-4-17)16(11-27)12-28/h1-6,11-13,18,27H,7-10,14,28H2,(H,31,36)(H,29,30,33). The van der Waals surface area contributed by atoms with Gasteiger partial charge in [0.2, 0.25) is 5.95 Å². The number of carbonyl (C=O) groups is 1. The van der Waals surface area contributed by atoms with Crippen molar-refractivity contribution in [1.82, 2.24) is 24.8 Å². The van der Waals surface area contributed by atoms with Crippen LogP contribution in [0.4, 0.5) is 26.2 Å². The molecule has 1 amide bonds. The first-order chi connectivity index (χ1) is 17.3. The van der Waals surface area contributed by atoms with Crippen LogP contribution in [0.15, 0.2) is 48.9 Å². The molecule has 2 aliphatic rings. The Morgan fingerprint density at radius 3 is 2.64 bits per heavy atom. The summed E-state index contributed by atoms with van der Waals surface area (Å²) in [6.07, 6.45) is 5.25. The number of benzene rings is 1. The Morgan fingerprint density at radius 2 is 1.94 bits per heavy atom. The number of aromatic nitrogens is 4. The Bertz CT molecular complexity index is 1310.